The summed E-state index contributed by atoms with van der Waals surface area (Å²) in [5.74, 6) is 2.77. The number of likely N-dealkylation sites (N-methyl/N-ethyl adjacent to an activating group) is 1. The van der Waals surface area contributed by atoms with E-state index in [4.69, 9.17) is 13.9 Å². The maximum absolute atomic E-state index is 10.6. The van der Waals surface area contributed by atoms with Crippen LogP contribution >= 0.6 is 0 Å². The number of ether oxygens (including phenoxy) is 2. The van der Waals surface area contributed by atoms with Crippen molar-refractivity contribution in [3.05, 3.63) is 48.4 Å². The quantitative estimate of drug-likeness (QED) is 0.518. The zero-order chi connectivity index (χ0) is 19.7. The van der Waals surface area contributed by atoms with Crippen LogP contribution in [0.25, 0.3) is 0 Å². The molecular weight excluding hydrogens is 346 g/mol. The molecule has 0 aliphatic carbocycles. The molecule has 1 atom stereocenters. The number of rotatable bonds is 9. The van der Waals surface area contributed by atoms with Crippen molar-refractivity contribution < 1.29 is 19.0 Å². The molecule has 0 saturated carbocycles. The monoisotopic (exact) mass is 375 g/mol. The van der Waals surface area contributed by atoms with Gasteiger partial charge in [0.25, 0.3) is 0 Å². The first-order valence-electron chi connectivity index (χ1n) is 8.99. The fourth-order valence-corrected chi connectivity index (χ4v) is 2.44. The third-order valence-corrected chi connectivity index (χ3v) is 4.04. The number of furan rings is 1. The number of hydrogen-bond acceptors (Lipinski definition) is 5. The van der Waals surface area contributed by atoms with E-state index in [2.05, 4.69) is 10.3 Å². The molecule has 0 bridgehead atoms. The van der Waals surface area contributed by atoms with Crippen molar-refractivity contribution in [3.8, 4) is 11.5 Å². The Hall–Kier alpha value is -2.67. The molecule has 2 N–H and O–H groups in total. The Morgan fingerprint density at radius 1 is 1.26 bits per heavy atom. The van der Waals surface area contributed by atoms with E-state index in [1.807, 2.05) is 43.1 Å². The van der Waals surface area contributed by atoms with Crippen LogP contribution in [0.5, 0.6) is 11.5 Å². The van der Waals surface area contributed by atoms with Crippen LogP contribution < -0.4 is 14.8 Å². The summed E-state index contributed by atoms with van der Waals surface area (Å²) in [6.45, 7) is 5.74. The molecule has 7 nitrogen and oxygen atoms in total. The highest BCUT2D eigenvalue weighted by Crippen LogP contribution is 2.21. The Morgan fingerprint density at radius 2 is 1.96 bits per heavy atom. The molecule has 0 aliphatic rings. The zero-order valence-electron chi connectivity index (χ0n) is 16.4. The van der Waals surface area contributed by atoms with Crippen LogP contribution in [-0.2, 0) is 5.60 Å². The maximum Gasteiger partial charge on any atom is 0.193 e. The first kappa shape index (κ1) is 20.6. The van der Waals surface area contributed by atoms with Crippen LogP contribution in [-0.4, -0.2) is 56.4 Å². The van der Waals surface area contributed by atoms with E-state index < -0.39 is 5.60 Å². The van der Waals surface area contributed by atoms with Crippen molar-refractivity contribution in [3.63, 3.8) is 0 Å². The molecule has 0 radical (unpaired) electrons. The highest BCUT2D eigenvalue weighted by atomic mass is 16.5. The smallest absolute Gasteiger partial charge is 0.193 e. The second-order valence-corrected chi connectivity index (χ2v) is 6.37. The van der Waals surface area contributed by atoms with Gasteiger partial charge in [0.15, 0.2) is 5.96 Å². The van der Waals surface area contributed by atoms with Crippen LogP contribution in [0.1, 0.15) is 19.6 Å². The van der Waals surface area contributed by atoms with Gasteiger partial charge in [0.2, 0.25) is 0 Å². The Labute approximate surface area is 160 Å². The van der Waals surface area contributed by atoms with E-state index >= 15 is 0 Å². The molecule has 0 amide bonds. The van der Waals surface area contributed by atoms with E-state index in [9.17, 15) is 5.11 Å². The zero-order valence-corrected chi connectivity index (χ0v) is 16.4. The summed E-state index contributed by atoms with van der Waals surface area (Å²) in [5, 5.41) is 13.8. The van der Waals surface area contributed by atoms with Gasteiger partial charge in [-0.3, -0.25) is 0 Å². The molecule has 0 fully saturated rings. The molecule has 1 aromatic heterocycles. The van der Waals surface area contributed by atoms with E-state index in [-0.39, 0.29) is 6.54 Å². The minimum absolute atomic E-state index is 0.187. The normalized spacial score (nSPS) is 13.7. The number of aliphatic hydroxyl groups is 1. The second kappa shape index (κ2) is 9.87. The highest BCUT2D eigenvalue weighted by Gasteiger charge is 2.26. The molecular formula is C20H29N3O4. The molecule has 148 valence electrons. The van der Waals surface area contributed by atoms with Gasteiger partial charge in [0, 0.05) is 13.6 Å². The average molecular weight is 375 g/mol. The van der Waals surface area contributed by atoms with E-state index in [1.54, 1.807) is 32.4 Å². The maximum atomic E-state index is 10.6. The van der Waals surface area contributed by atoms with Crippen molar-refractivity contribution in [1.29, 1.82) is 0 Å². The Morgan fingerprint density at radius 3 is 2.56 bits per heavy atom. The van der Waals surface area contributed by atoms with Gasteiger partial charge in [-0.05, 0) is 50.2 Å². The summed E-state index contributed by atoms with van der Waals surface area (Å²) in [6.07, 6.45) is 1.54. The minimum Gasteiger partial charge on any atom is -0.497 e. The van der Waals surface area contributed by atoms with Crippen LogP contribution in [0.2, 0.25) is 0 Å². The number of aliphatic imine (C=N–C) groups is 1. The minimum atomic E-state index is -1.16. The fraction of sp³-hybridized carbons (Fsp3) is 0.450. The fourth-order valence-electron chi connectivity index (χ4n) is 2.44. The number of hydrogen-bond donors (Lipinski definition) is 2. The van der Waals surface area contributed by atoms with Gasteiger partial charge in [-0.15, -0.1) is 0 Å². The largest absolute Gasteiger partial charge is 0.497 e. The SMILES string of the molecule is CCNC(=NCC(C)(O)c1ccco1)N(C)CCOc1ccc(OC)cc1. The molecule has 2 rings (SSSR count). The molecule has 7 heteroatoms. The van der Waals surface area contributed by atoms with Gasteiger partial charge >= 0.3 is 0 Å². The lowest BCUT2D eigenvalue weighted by Crippen LogP contribution is -2.42. The molecule has 2 aromatic rings. The van der Waals surface area contributed by atoms with Crippen LogP contribution in [0.15, 0.2) is 52.1 Å². The molecule has 1 heterocycles. The van der Waals surface area contributed by atoms with Crippen LogP contribution in [0.4, 0.5) is 0 Å². The van der Waals surface area contributed by atoms with Crippen molar-refractivity contribution in [1.82, 2.24) is 10.2 Å². The van der Waals surface area contributed by atoms with Gasteiger partial charge in [-0.1, -0.05) is 0 Å². The van der Waals surface area contributed by atoms with Gasteiger partial charge < -0.3 is 29.2 Å². The van der Waals surface area contributed by atoms with E-state index in [0.29, 0.717) is 24.9 Å². The highest BCUT2D eigenvalue weighted by molar-refractivity contribution is 5.79. The number of methoxy groups -OCH3 is 1. The predicted molar refractivity (Wildman–Crippen MR) is 105 cm³/mol. The molecule has 0 spiro atoms. The van der Waals surface area contributed by atoms with E-state index in [1.165, 1.54) is 0 Å². The van der Waals surface area contributed by atoms with E-state index in [0.717, 1.165) is 18.0 Å². The van der Waals surface area contributed by atoms with Crippen LogP contribution in [0, 0.1) is 0 Å². The second-order valence-electron chi connectivity index (χ2n) is 6.37. The summed E-state index contributed by atoms with van der Waals surface area (Å²) in [7, 11) is 3.57. The summed E-state index contributed by atoms with van der Waals surface area (Å²) in [4.78, 5) is 6.50. The first-order chi connectivity index (χ1) is 13.0. The number of guanidine groups is 1. The Balaban J connectivity index is 1.90. The van der Waals surface area contributed by atoms with Gasteiger partial charge in [-0.25, -0.2) is 4.99 Å². The third-order valence-electron chi connectivity index (χ3n) is 4.04. The third kappa shape index (κ3) is 6.21. The summed E-state index contributed by atoms with van der Waals surface area (Å²) in [5.41, 5.74) is -1.16. The van der Waals surface area contributed by atoms with Gasteiger partial charge in [0.1, 0.15) is 29.5 Å². The van der Waals surface area contributed by atoms with Crippen molar-refractivity contribution in [2.45, 2.75) is 19.4 Å². The standard InChI is InChI=1S/C20H29N3O4/c1-5-21-19(22-15-20(2,24)18-7-6-13-27-18)23(3)12-14-26-17-10-8-16(25-4)9-11-17/h6-11,13,24H,5,12,14-15H2,1-4H3,(H,21,22). The van der Waals surface area contributed by atoms with Gasteiger partial charge in [-0.2, -0.15) is 0 Å². The van der Waals surface area contributed by atoms with Crippen molar-refractivity contribution in [2.75, 3.05) is 40.4 Å². The molecule has 0 saturated heterocycles. The predicted octanol–water partition coefficient (Wildman–Crippen LogP) is 2.47. The molecule has 1 aromatic carbocycles. The van der Waals surface area contributed by atoms with Crippen molar-refractivity contribution in [2.24, 2.45) is 4.99 Å². The average Bonchev–Trinajstić information content (AvgIpc) is 3.21. The number of nitrogens with zero attached hydrogens (tertiary/aromatic N) is 2. The Kier molecular flexibility index (Phi) is 7.55. The van der Waals surface area contributed by atoms with Crippen molar-refractivity contribution >= 4 is 5.96 Å². The topological polar surface area (TPSA) is 79.5 Å². The first-order valence-corrected chi connectivity index (χ1v) is 8.99. The van der Waals surface area contributed by atoms with Crippen LogP contribution in [0.3, 0.4) is 0 Å². The lowest BCUT2D eigenvalue weighted by Gasteiger charge is -2.24. The molecule has 27 heavy (non-hydrogen) atoms. The lowest BCUT2D eigenvalue weighted by molar-refractivity contribution is 0.0435. The molecule has 0 aliphatic heterocycles. The lowest BCUT2D eigenvalue weighted by atomic mass is 10.0. The Bertz CT molecular complexity index is 697. The number of benzene rings is 1. The summed E-state index contributed by atoms with van der Waals surface area (Å²) >= 11 is 0. The number of nitrogens with one attached hydrogen (secondary N) is 1. The summed E-state index contributed by atoms with van der Waals surface area (Å²) < 4.78 is 16.2. The summed E-state index contributed by atoms with van der Waals surface area (Å²) in [6, 6.07) is 11.0. The molecule has 1 unspecified atom stereocenters. The van der Waals surface area contributed by atoms with Gasteiger partial charge in [0.05, 0.1) is 26.5 Å².